The molecule has 2 N–H and O–H groups in total. The van der Waals surface area contributed by atoms with Crippen molar-refractivity contribution < 1.29 is 14.4 Å². The molecule has 2 unspecified atom stereocenters. The second kappa shape index (κ2) is 9.38. The van der Waals surface area contributed by atoms with Crippen molar-refractivity contribution in [3.8, 4) is 0 Å². The minimum atomic E-state index is -0.801. The van der Waals surface area contributed by atoms with E-state index in [1.165, 1.54) is 4.90 Å². The van der Waals surface area contributed by atoms with Crippen LogP contribution in [0.2, 0.25) is 0 Å². The Labute approximate surface area is 179 Å². The molecule has 4 amide bonds. The summed E-state index contributed by atoms with van der Waals surface area (Å²) in [5.74, 6) is -0.556. The predicted octanol–water partition coefficient (Wildman–Crippen LogP) is 3.19. The number of hydrogen-bond acceptors (Lipinski definition) is 5. The summed E-state index contributed by atoms with van der Waals surface area (Å²) in [6.45, 7) is 0. The first-order valence-electron chi connectivity index (χ1n) is 10.5. The van der Waals surface area contributed by atoms with Gasteiger partial charge < -0.3 is 10.6 Å². The summed E-state index contributed by atoms with van der Waals surface area (Å²) >= 11 is 1.61. The Bertz CT molecular complexity index is 881. The molecule has 30 heavy (non-hydrogen) atoms. The van der Waals surface area contributed by atoms with Crippen LogP contribution in [0.25, 0.3) is 0 Å². The van der Waals surface area contributed by atoms with Gasteiger partial charge in [-0.2, -0.15) is 11.3 Å². The highest BCUT2D eigenvalue weighted by Crippen LogP contribution is 2.26. The lowest BCUT2D eigenvalue weighted by Gasteiger charge is -2.28. The van der Waals surface area contributed by atoms with Gasteiger partial charge in [0.05, 0.1) is 18.2 Å². The molecule has 2 aromatic rings. The van der Waals surface area contributed by atoms with E-state index in [1.54, 1.807) is 17.5 Å². The van der Waals surface area contributed by atoms with E-state index in [1.807, 2.05) is 35.0 Å². The van der Waals surface area contributed by atoms with E-state index in [2.05, 4.69) is 15.6 Å². The van der Waals surface area contributed by atoms with Crippen molar-refractivity contribution in [3.63, 3.8) is 0 Å². The van der Waals surface area contributed by atoms with Gasteiger partial charge in [-0.15, -0.1) is 0 Å². The number of imide groups is 1. The summed E-state index contributed by atoms with van der Waals surface area (Å²) in [5, 5.41) is 9.76. The molecule has 0 aromatic carbocycles. The van der Waals surface area contributed by atoms with E-state index in [-0.39, 0.29) is 36.3 Å². The van der Waals surface area contributed by atoms with Crippen LogP contribution in [0.3, 0.4) is 0 Å². The normalized spacial score (nSPS) is 20.8. The molecule has 2 atom stereocenters. The molecule has 1 saturated carbocycles. The first-order valence-corrected chi connectivity index (χ1v) is 11.4. The molecular formula is C22H26N4O3S. The van der Waals surface area contributed by atoms with Crippen LogP contribution in [0.5, 0.6) is 0 Å². The van der Waals surface area contributed by atoms with Crippen molar-refractivity contribution >= 4 is 29.2 Å². The molecule has 2 fully saturated rings. The van der Waals surface area contributed by atoms with Gasteiger partial charge in [-0.05, 0) is 53.8 Å². The van der Waals surface area contributed by atoms with Crippen molar-refractivity contribution in [2.24, 2.45) is 0 Å². The molecule has 1 saturated heterocycles. The maximum absolute atomic E-state index is 12.8. The highest BCUT2D eigenvalue weighted by Gasteiger charge is 2.43. The van der Waals surface area contributed by atoms with Crippen LogP contribution in [0.15, 0.2) is 41.2 Å². The topological polar surface area (TPSA) is 91.4 Å². The molecule has 7 nitrogen and oxygen atoms in total. The van der Waals surface area contributed by atoms with Crippen LogP contribution in [0, 0.1) is 0 Å². The van der Waals surface area contributed by atoms with Crippen LogP contribution in [-0.4, -0.2) is 39.8 Å². The zero-order valence-electron chi connectivity index (χ0n) is 16.8. The number of nitrogens with zero attached hydrogens (tertiary/aromatic N) is 2. The zero-order valence-corrected chi connectivity index (χ0v) is 17.6. The van der Waals surface area contributed by atoms with Crippen LogP contribution < -0.4 is 10.6 Å². The van der Waals surface area contributed by atoms with Gasteiger partial charge in [-0.3, -0.25) is 19.5 Å². The third kappa shape index (κ3) is 4.70. The summed E-state index contributed by atoms with van der Waals surface area (Å²) in [6, 6.07) is 6.11. The molecule has 158 valence electrons. The Hall–Kier alpha value is -2.74. The van der Waals surface area contributed by atoms with Gasteiger partial charge in [0.15, 0.2) is 0 Å². The van der Waals surface area contributed by atoms with Crippen LogP contribution >= 0.6 is 11.3 Å². The van der Waals surface area contributed by atoms with E-state index < -0.39 is 6.04 Å². The minimum absolute atomic E-state index is 0.0424. The number of hydrogen-bond donors (Lipinski definition) is 2. The molecule has 2 aliphatic rings. The fraction of sp³-hybridized carbons (Fsp3) is 0.455. The molecule has 3 heterocycles. The first kappa shape index (κ1) is 20.5. The molecule has 1 aliphatic carbocycles. The molecule has 1 aliphatic heterocycles. The zero-order chi connectivity index (χ0) is 20.9. The lowest BCUT2D eigenvalue weighted by atomic mass is 9.94. The number of nitrogens with one attached hydrogen (secondary N) is 2. The molecule has 8 heteroatoms. The van der Waals surface area contributed by atoms with Crippen LogP contribution in [0.4, 0.5) is 4.79 Å². The van der Waals surface area contributed by atoms with Crippen molar-refractivity contribution in [1.29, 1.82) is 0 Å². The maximum Gasteiger partial charge on any atom is 0.325 e. The van der Waals surface area contributed by atoms with Gasteiger partial charge in [0.2, 0.25) is 5.91 Å². The van der Waals surface area contributed by atoms with Crippen molar-refractivity contribution in [2.45, 2.75) is 63.1 Å². The Balaban J connectivity index is 1.40. The SMILES string of the molecule is O=C(CC1NC(=O)N(C2CCCCC2)C1=O)NC(Cc1ccsc1)c1ccccn1. The van der Waals surface area contributed by atoms with E-state index in [9.17, 15) is 14.4 Å². The molecule has 0 spiro atoms. The Morgan fingerprint density at radius 3 is 2.77 bits per heavy atom. The smallest absolute Gasteiger partial charge is 0.325 e. The highest BCUT2D eigenvalue weighted by molar-refractivity contribution is 7.07. The molecular weight excluding hydrogens is 400 g/mol. The fourth-order valence-electron chi connectivity index (χ4n) is 4.27. The molecule has 2 aromatic heterocycles. The molecule has 4 rings (SSSR count). The number of carbonyl (C=O) groups excluding carboxylic acids is 3. The van der Waals surface area contributed by atoms with E-state index >= 15 is 0 Å². The van der Waals surface area contributed by atoms with Gasteiger partial charge in [0.25, 0.3) is 5.91 Å². The average molecular weight is 427 g/mol. The third-order valence-corrected chi connectivity index (χ3v) is 6.51. The summed E-state index contributed by atoms with van der Waals surface area (Å²) in [4.78, 5) is 43.7. The van der Waals surface area contributed by atoms with Crippen molar-refractivity contribution in [3.05, 3.63) is 52.5 Å². The Morgan fingerprint density at radius 2 is 2.07 bits per heavy atom. The summed E-state index contributed by atoms with van der Waals surface area (Å²) < 4.78 is 0. The predicted molar refractivity (Wildman–Crippen MR) is 114 cm³/mol. The number of aromatic nitrogens is 1. The average Bonchev–Trinajstić information content (AvgIpc) is 3.36. The summed E-state index contributed by atoms with van der Waals surface area (Å²) in [6.07, 6.45) is 7.14. The van der Waals surface area contributed by atoms with Crippen LogP contribution in [-0.2, 0) is 16.0 Å². The molecule has 0 bridgehead atoms. The van der Waals surface area contributed by atoms with Crippen molar-refractivity contribution in [2.75, 3.05) is 0 Å². The number of carbonyl (C=O) groups is 3. The Kier molecular flexibility index (Phi) is 6.42. The monoisotopic (exact) mass is 426 g/mol. The number of thiophene rings is 1. The fourth-order valence-corrected chi connectivity index (χ4v) is 4.95. The number of amides is 4. The van der Waals surface area contributed by atoms with E-state index in [0.29, 0.717) is 6.42 Å². The standard InChI is InChI=1S/C22H26N4O3S/c27-20(13-19-21(28)26(22(29)25-19)16-6-2-1-3-7-16)24-18(12-15-9-11-30-14-15)17-8-4-5-10-23-17/h4-5,8-11,14,16,18-19H,1-3,6-7,12-13H2,(H,24,27)(H,25,29). The van der Waals surface area contributed by atoms with Gasteiger partial charge >= 0.3 is 6.03 Å². The molecule has 0 radical (unpaired) electrons. The van der Waals surface area contributed by atoms with Crippen molar-refractivity contribution in [1.82, 2.24) is 20.5 Å². The van der Waals surface area contributed by atoms with Gasteiger partial charge in [-0.1, -0.05) is 25.3 Å². The minimum Gasteiger partial charge on any atom is -0.347 e. The summed E-state index contributed by atoms with van der Waals surface area (Å²) in [5.41, 5.74) is 1.88. The van der Waals surface area contributed by atoms with Gasteiger partial charge in [0.1, 0.15) is 6.04 Å². The quantitative estimate of drug-likeness (QED) is 0.665. The largest absolute Gasteiger partial charge is 0.347 e. The maximum atomic E-state index is 12.8. The first-order chi connectivity index (χ1) is 14.6. The number of pyridine rings is 1. The highest BCUT2D eigenvalue weighted by atomic mass is 32.1. The lowest BCUT2D eigenvalue weighted by molar-refractivity contribution is -0.132. The van der Waals surface area contributed by atoms with Crippen LogP contribution in [0.1, 0.15) is 55.8 Å². The number of urea groups is 1. The second-order valence-corrected chi connectivity index (χ2v) is 8.70. The van der Waals surface area contributed by atoms with E-state index in [0.717, 1.165) is 43.4 Å². The Morgan fingerprint density at radius 1 is 1.23 bits per heavy atom. The third-order valence-electron chi connectivity index (χ3n) is 5.78. The lowest BCUT2D eigenvalue weighted by Crippen LogP contribution is -2.42. The second-order valence-electron chi connectivity index (χ2n) is 7.92. The van der Waals surface area contributed by atoms with Gasteiger partial charge in [0, 0.05) is 12.2 Å². The van der Waals surface area contributed by atoms with Gasteiger partial charge in [-0.25, -0.2) is 4.79 Å². The van der Waals surface area contributed by atoms with E-state index in [4.69, 9.17) is 0 Å². The summed E-state index contributed by atoms with van der Waals surface area (Å²) in [7, 11) is 0. The number of rotatable bonds is 7.